The van der Waals surface area contributed by atoms with E-state index in [9.17, 15) is 13.2 Å². The highest BCUT2D eigenvalue weighted by molar-refractivity contribution is 7.92. The van der Waals surface area contributed by atoms with Gasteiger partial charge in [-0.3, -0.25) is 9.52 Å². The molecule has 0 saturated heterocycles. The van der Waals surface area contributed by atoms with E-state index in [1.54, 1.807) is 49.4 Å². The summed E-state index contributed by atoms with van der Waals surface area (Å²) in [7, 11) is -3.60. The van der Waals surface area contributed by atoms with Gasteiger partial charge in [-0.15, -0.1) is 0 Å². The highest BCUT2D eigenvalue weighted by atomic mass is 32.2. The molecule has 0 fully saturated rings. The van der Waals surface area contributed by atoms with Crippen molar-refractivity contribution in [2.24, 2.45) is 0 Å². The molecule has 0 saturated carbocycles. The van der Waals surface area contributed by atoms with Crippen molar-refractivity contribution >= 4 is 21.7 Å². The number of carbonyl (C=O) groups excluding carboxylic acids is 1. The number of hydrogen-bond acceptors (Lipinski definition) is 4. The lowest BCUT2D eigenvalue weighted by Crippen LogP contribution is -2.13. The van der Waals surface area contributed by atoms with Crippen molar-refractivity contribution in [3.05, 3.63) is 60.2 Å². The first-order valence-corrected chi connectivity index (χ1v) is 8.32. The number of carbonyl (C=O) groups is 1. The first kappa shape index (κ1) is 16.0. The molecule has 0 aliphatic rings. The van der Waals surface area contributed by atoms with Crippen LogP contribution in [0.1, 0.15) is 12.5 Å². The molecule has 0 unspecified atom stereocenters. The molecule has 0 amide bonds. The highest BCUT2D eigenvalue weighted by Crippen LogP contribution is 2.16. The molecule has 2 rings (SSSR count). The average Bonchev–Trinajstić information content (AvgIpc) is 2.50. The van der Waals surface area contributed by atoms with Gasteiger partial charge in [0.15, 0.2) is 0 Å². The number of hydrogen-bond donors (Lipinski definition) is 1. The van der Waals surface area contributed by atoms with Crippen molar-refractivity contribution in [3.63, 3.8) is 0 Å². The monoisotopic (exact) mass is 319 g/mol. The van der Waals surface area contributed by atoms with Gasteiger partial charge in [0, 0.05) is 5.69 Å². The summed E-state index contributed by atoms with van der Waals surface area (Å²) in [4.78, 5) is 11.6. The lowest BCUT2D eigenvalue weighted by Gasteiger charge is -2.08. The molecular weight excluding hydrogens is 302 g/mol. The number of nitrogens with one attached hydrogen (secondary N) is 1. The van der Waals surface area contributed by atoms with E-state index in [1.807, 2.05) is 0 Å². The molecule has 0 atom stereocenters. The molecule has 0 bridgehead atoms. The van der Waals surface area contributed by atoms with Crippen LogP contribution in [-0.2, 0) is 26.0 Å². The molecule has 0 spiro atoms. The van der Waals surface area contributed by atoms with Gasteiger partial charge >= 0.3 is 5.97 Å². The van der Waals surface area contributed by atoms with Gasteiger partial charge in [0.25, 0.3) is 10.0 Å². The average molecular weight is 319 g/mol. The third kappa shape index (κ3) is 4.33. The van der Waals surface area contributed by atoms with Gasteiger partial charge in [-0.2, -0.15) is 0 Å². The Morgan fingerprint density at radius 1 is 1.05 bits per heavy atom. The van der Waals surface area contributed by atoms with Crippen molar-refractivity contribution in [1.29, 1.82) is 0 Å². The van der Waals surface area contributed by atoms with Crippen LogP contribution < -0.4 is 4.72 Å². The van der Waals surface area contributed by atoms with E-state index in [0.717, 1.165) is 5.56 Å². The van der Waals surface area contributed by atoms with E-state index in [2.05, 4.69) is 4.72 Å². The molecule has 2 aromatic rings. The second-order valence-corrected chi connectivity index (χ2v) is 6.28. The van der Waals surface area contributed by atoms with Crippen LogP contribution in [0.3, 0.4) is 0 Å². The summed E-state index contributed by atoms with van der Waals surface area (Å²) in [5, 5.41) is 0. The molecule has 0 heterocycles. The summed E-state index contributed by atoms with van der Waals surface area (Å²) in [6, 6.07) is 14.8. The fraction of sp³-hybridized carbons (Fsp3) is 0.188. The van der Waals surface area contributed by atoms with Crippen LogP contribution in [0.25, 0.3) is 0 Å². The Balaban J connectivity index is 2.07. The summed E-state index contributed by atoms with van der Waals surface area (Å²) in [6.07, 6.45) is 0.166. The summed E-state index contributed by atoms with van der Waals surface area (Å²) >= 11 is 0. The third-order valence-corrected chi connectivity index (χ3v) is 4.31. The van der Waals surface area contributed by atoms with Gasteiger partial charge < -0.3 is 4.74 Å². The zero-order valence-corrected chi connectivity index (χ0v) is 13.0. The van der Waals surface area contributed by atoms with Crippen LogP contribution >= 0.6 is 0 Å². The number of rotatable bonds is 6. The van der Waals surface area contributed by atoms with Crippen molar-refractivity contribution in [2.45, 2.75) is 18.2 Å². The molecule has 2 aromatic carbocycles. The summed E-state index contributed by atoms with van der Waals surface area (Å²) in [5.74, 6) is -0.305. The van der Waals surface area contributed by atoms with Gasteiger partial charge in [-0.05, 0) is 36.8 Å². The van der Waals surface area contributed by atoms with Crippen molar-refractivity contribution < 1.29 is 17.9 Å². The number of sulfonamides is 1. The number of esters is 1. The SMILES string of the molecule is CCOC(=O)Cc1ccc(NS(=O)(=O)c2ccccc2)cc1. The summed E-state index contributed by atoms with van der Waals surface area (Å²) in [6.45, 7) is 2.09. The second-order valence-electron chi connectivity index (χ2n) is 4.60. The van der Waals surface area contributed by atoms with Crippen LogP contribution in [0.2, 0.25) is 0 Å². The minimum absolute atomic E-state index is 0.166. The lowest BCUT2D eigenvalue weighted by atomic mass is 10.1. The largest absolute Gasteiger partial charge is 0.466 e. The minimum Gasteiger partial charge on any atom is -0.466 e. The normalized spacial score (nSPS) is 11.0. The quantitative estimate of drug-likeness (QED) is 0.831. The van der Waals surface area contributed by atoms with E-state index in [-0.39, 0.29) is 17.3 Å². The molecule has 6 heteroatoms. The Morgan fingerprint density at radius 3 is 2.27 bits per heavy atom. The van der Waals surface area contributed by atoms with Crippen LogP contribution in [0.5, 0.6) is 0 Å². The van der Waals surface area contributed by atoms with Crippen molar-refractivity contribution in [2.75, 3.05) is 11.3 Å². The van der Waals surface area contributed by atoms with Crippen LogP contribution in [0.15, 0.2) is 59.5 Å². The fourth-order valence-corrected chi connectivity index (χ4v) is 2.96. The molecule has 5 nitrogen and oxygen atoms in total. The second kappa shape index (κ2) is 7.09. The van der Waals surface area contributed by atoms with Gasteiger partial charge in [-0.25, -0.2) is 8.42 Å². The van der Waals surface area contributed by atoms with Gasteiger partial charge in [-0.1, -0.05) is 30.3 Å². The Hall–Kier alpha value is -2.34. The van der Waals surface area contributed by atoms with Crippen LogP contribution in [-0.4, -0.2) is 21.0 Å². The summed E-state index contributed by atoms with van der Waals surface area (Å²) in [5.41, 5.74) is 1.21. The zero-order valence-electron chi connectivity index (χ0n) is 12.2. The molecule has 22 heavy (non-hydrogen) atoms. The maximum Gasteiger partial charge on any atom is 0.310 e. The van der Waals surface area contributed by atoms with Crippen molar-refractivity contribution in [1.82, 2.24) is 0 Å². The smallest absolute Gasteiger partial charge is 0.310 e. The Labute approximate surface area is 130 Å². The topological polar surface area (TPSA) is 72.5 Å². The molecular formula is C16H17NO4S. The molecule has 0 aromatic heterocycles. The van der Waals surface area contributed by atoms with Gasteiger partial charge in [0.05, 0.1) is 17.9 Å². The standard InChI is InChI=1S/C16H17NO4S/c1-2-21-16(18)12-13-8-10-14(11-9-13)17-22(19,20)15-6-4-3-5-7-15/h3-11,17H,2,12H2,1H3. The lowest BCUT2D eigenvalue weighted by molar-refractivity contribution is -0.142. The summed E-state index contributed by atoms with van der Waals surface area (Å²) < 4.78 is 31.7. The first-order valence-electron chi connectivity index (χ1n) is 6.83. The fourth-order valence-electron chi connectivity index (χ4n) is 1.88. The molecule has 0 aliphatic carbocycles. The van der Waals surface area contributed by atoms with E-state index in [0.29, 0.717) is 12.3 Å². The first-order chi connectivity index (χ1) is 10.5. The Bertz CT molecular complexity index is 725. The third-order valence-electron chi connectivity index (χ3n) is 2.91. The molecule has 1 N–H and O–H groups in total. The van der Waals surface area contributed by atoms with E-state index >= 15 is 0 Å². The van der Waals surface area contributed by atoms with Crippen LogP contribution in [0.4, 0.5) is 5.69 Å². The zero-order chi connectivity index (χ0) is 16.0. The Morgan fingerprint density at radius 2 is 1.68 bits per heavy atom. The van der Waals surface area contributed by atoms with E-state index < -0.39 is 10.0 Å². The molecule has 0 radical (unpaired) electrons. The van der Waals surface area contributed by atoms with Gasteiger partial charge in [0.2, 0.25) is 0 Å². The maximum atomic E-state index is 12.2. The molecule has 116 valence electrons. The number of ether oxygens (including phenoxy) is 1. The van der Waals surface area contributed by atoms with E-state index in [4.69, 9.17) is 4.74 Å². The predicted molar refractivity (Wildman–Crippen MR) is 84.0 cm³/mol. The van der Waals surface area contributed by atoms with E-state index in [1.165, 1.54) is 12.1 Å². The number of anilines is 1. The number of benzene rings is 2. The van der Waals surface area contributed by atoms with Crippen molar-refractivity contribution in [3.8, 4) is 0 Å². The predicted octanol–water partition coefficient (Wildman–Crippen LogP) is 2.59. The molecule has 0 aliphatic heterocycles. The Kier molecular flexibility index (Phi) is 5.16. The highest BCUT2D eigenvalue weighted by Gasteiger charge is 2.13. The minimum atomic E-state index is -3.60. The maximum absolute atomic E-state index is 12.2. The van der Waals surface area contributed by atoms with Gasteiger partial charge in [0.1, 0.15) is 0 Å². The van der Waals surface area contributed by atoms with Crippen LogP contribution in [0, 0.1) is 0 Å².